The van der Waals surface area contributed by atoms with E-state index < -0.39 is 52.2 Å². The Bertz CT molecular complexity index is 1830. The molecule has 4 aromatic rings. The van der Waals surface area contributed by atoms with E-state index in [1.807, 2.05) is 31.2 Å². The van der Waals surface area contributed by atoms with E-state index in [1.54, 1.807) is 25.1 Å². The molecule has 0 spiro atoms. The fourth-order valence-corrected chi connectivity index (χ4v) is 4.98. The minimum atomic E-state index is -5.16. The summed E-state index contributed by atoms with van der Waals surface area (Å²) in [7, 11) is -10.1. The van der Waals surface area contributed by atoms with Crippen LogP contribution in [0.4, 0.5) is 22.7 Å². The van der Waals surface area contributed by atoms with Gasteiger partial charge in [-0.3, -0.25) is 4.55 Å². The van der Waals surface area contributed by atoms with Crippen molar-refractivity contribution in [2.45, 2.75) is 23.6 Å². The summed E-state index contributed by atoms with van der Waals surface area (Å²) in [6, 6.07) is 16.1. The molecular formula is C24H18N4Na2O7S2. The smallest absolute Gasteiger partial charge is 0.871 e. The molecule has 0 aliphatic heterocycles. The van der Waals surface area contributed by atoms with E-state index in [4.69, 9.17) is 0 Å². The Labute approximate surface area is 269 Å². The summed E-state index contributed by atoms with van der Waals surface area (Å²) in [5.41, 5.74) is 2.49. The van der Waals surface area contributed by atoms with Crippen molar-refractivity contribution in [2.24, 2.45) is 20.5 Å². The van der Waals surface area contributed by atoms with Crippen LogP contribution < -0.4 is 64.2 Å². The molecule has 11 nitrogen and oxygen atoms in total. The number of nitrogens with zero attached hydrogens (tertiary/aromatic N) is 4. The molecule has 4 rings (SSSR count). The first-order chi connectivity index (χ1) is 17.4. The maximum atomic E-state index is 13.0. The molecule has 0 aliphatic carbocycles. The van der Waals surface area contributed by atoms with Gasteiger partial charge in [-0.25, -0.2) is 8.42 Å². The summed E-state index contributed by atoms with van der Waals surface area (Å²) in [6.07, 6.45) is 0. The molecule has 0 saturated carbocycles. The van der Waals surface area contributed by atoms with Crippen molar-refractivity contribution in [1.82, 2.24) is 0 Å². The Kier molecular flexibility index (Phi) is 11.1. The van der Waals surface area contributed by atoms with Crippen molar-refractivity contribution in [3.8, 4) is 5.75 Å². The third kappa shape index (κ3) is 7.58. The largest absolute Gasteiger partial charge is 1.00 e. The molecule has 0 heterocycles. The van der Waals surface area contributed by atoms with Gasteiger partial charge in [-0.2, -0.15) is 28.9 Å². The zero-order valence-corrected chi connectivity index (χ0v) is 27.0. The van der Waals surface area contributed by atoms with Crippen molar-refractivity contribution in [2.75, 3.05) is 0 Å². The van der Waals surface area contributed by atoms with Crippen molar-refractivity contribution in [1.29, 1.82) is 0 Å². The van der Waals surface area contributed by atoms with Gasteiger partial charge in [-0.1, -0.05) is 36.1 Å². The van der Waals surface area contributed by atoms with E-state index in [1.165, 1.54) is 0 Å². The summed E-state index contributed by atoms with van der Waals surface area (Å²) >= 11 is 0. The minimum Gasteiger partial charge on any atom is -0.871 e. The Morgan fingerprint density at radius 3 is 1.92 bits per heavy atom. The van der Waals surface area contributed by atoms with Gasteiger partial charge in [0.2, 0.25) is 0 Å². The van der Waals surface area contributed by atoms with Crippen molar-refractivity contribution in [3.63, 3.8) is 0 Å². The molecule has 0 aromatic heterocycles. The SMILES string of the molecule is Cc1ccccc1N=Nc1ccc(N=Nc2cc(S(=O)(=O)O)c3cccc(S(=O)(=O)[O-])c3c2[O-])c(C)c1.[Na+].[Na+]. The van der Waals surface area contributed by atoms with Crippen molar-refractivity contribution in [3.05, 3.63) is 77.9 Å². The average molecular weight is 585 g/mol. The molecule has 0 bridgehead atoms. The molecule has 4 aromatic carbocycles. The summed E-state index contributed by atoms with van der Waals surface area (Å²) in [5.74, 6) is -1.04. The van der Waals surface area contributed by atoms with E-state index in [0.29, 0.717) is 22.6 Å². The van der Waals surface area contributed by atoms with Crippen LogP contribution in [-0.2, 0) is 20.2 Å². The molecule has 39 heavy (non-hydrogen) atoms. The normalized spacial score (nSPS) is 12.0. The second-order valence-corrected chi connectivity index (χ2v) is 10.7. The van der Waals surface area contributed by atoms with E-state index in [-0.39, 0.29) is 59.1 Å². The number of azo groups is 2. The summed E-state index contributed by atoms with van der Waals surface area (Å²) in [6.45, 7) is 3.61. The van der Waals surface area contributed by atoms with Crippen LogP contribution in [0.25, 0.3) is 10.8 Å². The van der Waals surface area contributed by atoms with Gasteiger partial charge in [0.15, 0.2) is 0 Å². The predicted molar refractivity (Wildman–Crippen MR) is 132 cm³/mol. The Morgan fingerprint density at radius 2 is 1.31 bits per heavy atom. The fourth-order valence-electron chi connectivity index (χ4n) is 3.57. The maximum absolute atomic E-state index is 13.0. The van der Waals surface area contributed by atoms with Gasteiger partial charge < -0.3 is 9.66 Å². The van der Waals surface area contributed by atoms with E-state index in [2.05, 4.69) is 20.5 Å². The third-order valence-corrected chi connectivity index (χ3v) is 7.17. The average Bonchev–Trinajstić information content (AvgIpc) is 2.82. The maximum Gasteiger partial charge on any atom is 1.00 e. The van der Waals surface area contributed by atoms with Crippen LogP contribution in [0.5, 0.6) is 5.75 Å². The molecular weight excluding hydrogens is 566 g/mol. The molecule has 0 radical (unpaired) electrons. The van der Waals surface area contributed by atoms with Gasteiger partial charge in [-0.15, -0.1) is 0 Å². The summed E-state index contributed by atoms with van der Waals surface area (Å²) < 4.78 is 68.7. The second kappa shape index (κ2) is 13.1. The standard InChI is InChI=1S/C24H20N4O7S2.2Na/c1-14-6-3-4-8-18(14)26-25-16-10-11-19(15(2)12-16)27-28-20-13-22(37(33,34)35)17-7-5-9-21(36(30,31)32)23(17)24(20)29;;/h3-13,29H,1-2H3,(H,30,31,32)(H,33,34,35);;/q;2*+1/p-2. The number of aryl methyl sites for hydroxylation is 2. The van der Waals surface area contributed by atoms with Crippen LogP contribution in [-0.4, -0.2) is 25.9 Å². The van der Waals surface area contributed by atoms with Gasteiger partial charge in [0.1, 0.15) is 15.0 Å². The fraction of sp³-hybridized carbons (Fsp3) is 0.0833. The molecule has 0 aliphatic rings. The Hall–Kier alpha value is -2.04. The van der Waals surface area contributed by atoms with Gasteiger partial charge in [-0.05, 0) is 66.8 Å². The monoisotopic (exact) mass is 584 g/mol. The molecule has 0 atom stereocenters. The van der Waals surface area contributed by atoms with E-state index in [9.17, 15) is 31.0 Å². The number of hydrogen-bond donors (Lipinski definition) is 1. The molecule has 1 N–H and O–H groups in total. The first kappa shape index (κ1) is 33.2. The van der Waals surface area contributed by atoms with E-state index in [0.717, 1.165) is 29.8 Å². The molecule has 0 unspecified atom stereocenters. The Morgan fingerprint density at radius 1 is 0.692 bits per heavy atom. The predicted octanol–water partition coefficient (Wildman–Crippen LogP) is -0.480. The van der Waals surface area contributed by atoms with Crippen molar-refractivity contribution >= 4 is 53.8 Å². The van der Waals surface area contributed by atoms with Crippen LogP contribution in [0, 0.1) is 13.8 Å². The van der Waals surface area contributed by atoms with Crippen LogP contribution in [0.15, 0.2) is 97.0 Å². The van der Waals surface area contributed by atoms with E-state index >= 15 is 0 Å². The first-order valence-corrected chi connectivity index (χ1v) is 13.4. The first-order valence-electron chi connectivity index (χ1n) is 10.6. The number of hydrogen-bond acceptors (Lipinski definition) is 10. The quantitative estimate of drug-likeness (QED) is 0.180. The molecule has 0 saturated heterocycles. The van der Waals surface area contributed by atoms with Crippen molar-refractivity contribution < 1.29 is 90.2 Å². The topological polar surface area (TPSA) is 184 Å². The number of fused-ring (bicyclic) bond motifs is 1. The second-order valence-electron chi connectivity index (χ2n) is 7.99. The van der Waals surface area contributed by atoms with Crippen LogP contribution in [0.2, 0.25) is 0 Å². The van der Waals surface area contributed by atoms with Crippen LogP contribution >= 0.6 is 0 Å². The van der Waals surface area contributed by atoms with Gasteiger partial charge in [0.25, 0.3) is 10.1 Å². The number of rotatable bonds is 6. The zero-order valence-electron chi connectivity index (χ0n) is 21.4. The van der Waals surface area contributed by atoms with Gasteiger partial charge >= 0.3 is 59.1 Å². The van der Waals surface area contributed by atoms with Crippen LogP contribution in [0.3, 0.4) is 0 Å². The van der Waals surface area contributed by atoms with Gasteiger partial charge in [0.05, 0.1) is 27.6 Å². The molecule has 0 fully saturated rings. The minimum absolute atomic E-state index is 0. The molecule has 0 amide bonds. The molecule has 15 heteroatoms. The van der Waals surface area contributed by atoms with Gasteiger partial charge in [0, 0.05) is 5.39 Å². The number of benzene rings is 4. The Balaban J connectivity index is 0.00000267. The van der Waals surface area contributed by atoms with Crippen LogP contribution in [0.1, 0.15) is 11.1 Å². The summed E-state index contributed by atoms with van der Waals surface area (Å²) in [5, 5.41) is 28.1. The third-order valence-electron chi connectivity index (χ3n) is 5.40. The molecule has 190 valence electrons. The summed E-state index contributed by atoms with van der Waals surface area (Å²) in [4.78, 5) is -1.72. The zero-order chi connectivity index (χ0) is 27.0.